The largest absolute Gasteiger partial charge is 0.369 e. The van der Waals surface area contributed by atoms with Gasteiger partial charge >= 0.3 is 0 Å². The number of nitrogens with zero attached hydrogens (tertiary/aromatic N) is 2. The average molecular weight is 227 g/mol. The molecule has 5 heteroatoms. The van der Waals surface area contributed by atoms with E-state index in [9.17, 15) is 4.21 Å². The summed E-state index contributed by atoms with van der Waals surface area (Å²) in [4.78, 5) is 8.19. The molecular weight excluding hydrogens is 210 g/mol. The average Bonchev–Trinajstić information content (AvgIpc) is 2.29. The predicted octanol–water partition coefficient (Wildman–Crippen LogP) is 1.22. The van der Waals surface area contributed by atoms with Gasteiger partial charge in [-0.2, -0.15) is 0 Å². The maximum atomic E-state index is 11.2. The Bertz CT molecular complexity index is 330. The quantitative estimate of drug-likeness (QED) is 0.794. The second-order valence-corrected chi connectivity index (χ2v) is 4.97. The van der Waals surface area contributed by atoms with Crippen LogP contribution in [0.3, 0.4) is 0 Å². The van der Waals surface area contributed by atoms with Crippen LogP contribution in [0.2, 0.25) is 0 Å². The first-order chi connectivity index (χ1) is 7.26. The van der Waals surface area contributed by atoms with Crippen LogP contribution in [0.5, 0.6) is 0 Å². The van der Waals surface area contributed by atoms with Gasteiger partial charge in [-0.05, 0) is 6.42 Å². The molecule has 0 saturated carbocycles. The molecule has 84 valence electrons. The molecule has 1 atom stereocenters. The van der Waals surface area contributed by atoms with Gasteiger partial charge in [-0.15, -0.1) is 0 Å². The lowest BCUT2D eigenvalue weighted by Crippen LogP contribution is -2.13. The molecule has 0 bridgehead atoms. The molecular formula is C10H17N3OS. The molecule has 15 heavy (non-hydrogen) atoms. The topological polar surface area (TPSA) is 54.9 Å². The number of rotatable bonds is 6. The maximum absolute atomic E-state index is 11.2. The van der Waals surface area contributed by atoms with Gasteiger partial charge < -0.3 is 5.32 Å². The smallest absolute Gasteiger partial charge is 0.129 e. The lowest BCUT2D eigenvalue weighted by Gasteiger charge is -2.05. The molecule has 1 heterocycles. The van der Waals surface area contributed by atoms with Crippen molar-refractivity contribution in [2.24, 2.45) is 0 Å². The van der Waals surface area contributed by atoms with Crippen molar-refractivity contribution in [1.82, 2.24) is 9.97 Å². The third-order valence-corrected chi connectivity index (χ3v) is 3.35. The van der Waals surface area contributed by atoms with Crippen LogP contribution in [0.15, 0.2) is 12.4 Å². The van der Waals surface area contributed by atoms with Crippen LogP contribution in [-0.2, 0) is 17.2 Å². The van der Waals surface area contributed by atoms with Crippen molar-refractivity contribution in [3.63, 3.8) is 0 Å². The summed E-state index contributed by atoms with van der Waals surface area (Å²) in [6.45, 7) is 4.68. The van der Waals surface area contributed by atoms with E-state index in [0.717, 1.165) is 17.9 Å². The van der Waals surface area contributed by atoms with Gasteiger partial charge in [-0.25, -0.2) is 9.97 Å². The highest BCUT2D eigenvalue weighted by atomic mass is 32.2. The molecule has 0 saturated heterocycles. The van der Waals surface area contributed by atoms with Gasteiger partial charge in [0.15, 0.2) is 0 Å². The van der Waals surface area contributed by atoms with Crippen LogP contribution in [0, 0.1) is 0 Å². The molecule has 0 aliphatic heterocycles. The van der Waals surface area contributed by atoms with E-state index in [0.29, 0.717) is 18.1 Å². The monoisotopic (exact) mass is 227 g/mol. The Morgan fingerprint density at radius 2 is 2.20 bits per heavy atom. The van der Waals surface area contributed by atoms with Crippen LogP contribution >= 0.6 is 0 Å². The first-order valence-corrected chi connectivity index (χ1v) is 6.64. The predicted molar refractivity (Wildman–Crippen MR) is 63.5 cm³/mol. The molecule has 1 N–H and O–H groups in total. The molecule has 1 aromatic heterocycles. The Hall–Kier alpha value is -0.970. The summed E-state index contributed by atoms with van der Waals surface area (Å²) in [6.07, 6.45) is 2.45. The van der Waals surface area contributed by atoms with Gasteiger partial charge in [0, 0.05) is 40.6 Å². The molecule has 0 fully saturated rings. The molecule has 4 nitrogen and oxygen atoms in total. The number of hydrogen-bond acceptors (Lipinski definition) is 4. The Labute approximate surface area is 93.0 Å². The fourth-order valence-corrected chi connectivity index (χ4v) is 1.74. The molecule has 0 spiro atoms. The van der Waals surface area contributed by atoms with E-state index in [2.05, 4.69) is 22.2 Å². The second kappa shape index (κ2) is 6.50. The van der Waals surface area contributed by atoms with E-state index in [-0.39, 0.29) is 0 Å². The Morgan fingerprint density at radius 1 is 1.40 bits per heavy atom. The Morgan fingerprint density at radius 3 is 2.87 bits per heavy atom. The normalized spacial score (nSPS) is 12.4. The summed E-state index contributed by atoms with van der Waals surface area (Å²) in [5, 5.41) is 3.14. The molecule has 0 aliphatic rings. The summed E-state index contributed by atoms with van der Waals surface area (Å²) in [5.74, 6) is 2.20. The van der Waals surface area contributed by atoms with Gasteiger partial charge in [-0.3, -0.25) is 4.21 Å². The minimum Gasteiger partial charge on any atom is -0.369 e. The van der Waals surface area contributed by atoms with E-state index >= 15 is 0 Å². The fourth-order valence-electron chi connectivity index (χ4n) is 1.12. The summed E-state index contributed by atoms with van der Waals surface area (Å²) < 4.78 is 11.2. The lowest BCUT2D eigenvalue weighted by atomic mass is 10.3. The summed E-state index contributed by atoms with van der Waals surface area (Å²) >= 11 is 0. The van der Waals surface area contributed by atoms with Crippen molar-refractivity contribution in [2.45, 2.75) is 20.3 Å². The van der Waals surface area contributed by atoms with Crippen molar-refractivity contribution in [3.05, 3.63) is 18.1 Å². The molecule has 1 aromatic rings. The van der Waals surface area contributed by atoms with Crippen LogP contribution in [0.25, 0.3) is 0 Å². The molecule has 1 rings (SSSR count). The first kappa shape index (κ1) is 12.1. The van der Waals surface area contributed by atoms with Crippen LogP contribution in [-0.4, -0.2) is 32.2 Å². The van der Waals surface area contributed by atoms with E-state index in [4.69, 9.17) is 0 Å². The molecule has 0 aliphatic carbocycles. The van der Waals surface area contributed by atoms with Crippen LogP contribution in [0.1, 0.15) is 19.5 Å². The zero-order valence-corrected chi connectivity index (χ0v) is 10.0. The number of hydrogen-bond donors (Lipinski definition) is 1. The van der Waals surface area contributed by atoms with Crippen molar-refractivity contribution in [2.75, 3.05) is 23.4 Å². The lowest BCUT2D eigenvalue weighted by molar-refractivity contribution is 0.684. The van der Waals surface area contributed by atoms with Crippen molar-refractivity contribution >= 4 is 16.6 Å². The third kappa shape index (κ3) is 4.38. The number of aryl methyl sites for hydroxylation is 1. The maximum Gasteiger partial charge on any atom is 0.129 e. The van der Waals surface area contributed by atoms with Gasteiger partial charge in [0.2, 0.25) is 0 Å². The number of aromatic nitrogens is 2. The highest BCUT2D eigenvalue weighted by Crippen LogP contribution is 2.03. The van der Waals surface area contributed by atoms with Crippen molar-refractivity contribution < 1.29 is 4.21 Å². The Balaban J connectivity index is 2.40. The van der Waals surface area contributed by atoms with E-state index in [1.54, 1.807) is 6.33 Å². The first-order valence-electron chi connectivity index (χ1n) is 5.16. The summed E-state index contributed by atoms with van der Waals surface area (Å²) in [5.41, 5.74) is 1.02. The Kier molecular flexibility index (Phi) is 5.25. The van der Waals surface area contributed by atoms with Gasteiger partial charge in [0.05, 0.1) is 0 Å². The number of anilines is 1. The highest BCUT2D eigenvalue weighted by molar-refractivity contribution is 7.84. The van der Waals surface area contributed by atoms with E-state index in [1.807, 2.05) is 13.0 Å². The highest BCUT2D eigenvalue weighted by Gasteiger charge is 1.98. The summed E-state index contributed by atoms with van der Waals surface area (Å²) in [6, 6.07) is 1.93. The number of nitrogens with one attached hydrogen (secondary N) is 1. The summed E-state index contributed by atoms with van der Waals surface area (Å²) in [7, 11) is -0.714. The second-order valence-electron chi connectivity index (χ2n) is 3.11. The van der Waals surface area contributed by atoms with Gasteiger partial charge in [-0.1, -0.05) is 13.8 Å². The van der Waals surface area contributed by atoms with Crippen LogP contribution in [0.4, 0.5) is 5.82 Å². The molecule has 0 amide bonds. The third-order valence-electron chi connectivity index (χ3n) is 2.04. The SMILES string of the molecule is CCc1cc(NCCS(=O)CC)ncn1. The fraction of sp³-hybridized carbons (Fsp3) is 0.600. The standard InChI is InChI=1S/C10H17N3OS/c1-3-9-7-10(13-8-12-9)11-5-6-15(14)4-2/h7-8H,3-6H2,1-2H3,(H,11,12,13). The van der Waals surface area contributed by atoms with Crippen LogP contribution < -0.4 is 5.32 Å². The van der Waals surface area contributed by atoms with Gasteiger partial charge in [0.25, 0.3) is 0 Å². The zero-order valence-electron chi connectivity index (χ0n) is 9.19. The molecule has 0 radical (unpaired) electrons. The van der Waals surface area contributed by atoms with E-state index < -0.39 is 10.8 Å². The minimum absolute atomic E-state index is 0.669. The molecule has 0 aromatic carbocycles. The molecule has 1 unspecified atom stereocenters. The van der Waals surface area contributed by atoms with Crippen molar-refractivity contribution in [3.8, 4) is 0 Å². The van der Waals surface area contributed by atoms with E-state index in [1.165, 1.54) is 0 Å². The van der Waals surface area contributed by atoms with Crippen molar-refractivity contribution in [1.29, 1.82) is 0 Å². The zero-order chi connectivity index (χ0) is 11.1. The van der Waals surface area contributed by atoms with Gasteiger partial charge in [0.1, 0.15) is 12.1 Å². The minimum atomic E-state index is -0.714.